The van der Waals surface area contributed by atoms with Gasteiger partial charge in [0.05, 0.1) is 16.8 Å². The maximum absolute atomic E-state index is 6.41. The number of aryl methyl sites for hydroxylation is 1. The Bertz CT molecular complexity index is 1250. The number of nitrogens with zero attached hydrogens (tertiary/aromatic N) is 5. The van der Waals surface area contributed by atoms with Gasteiger partial charge in [0.1, 0.15) is 10.6 Å². The molecular formula is C24H28N8S. The van der Waals surface area contributed by atoms with E-state index in [1.165, 1.54) is 19.3 Å². The Labute approximate surface area is 196 Å². The van der Waals surface area contributed by atoms with E-state index in [0.717, 1.165) is 52.2 Å². The summed E-state index contributed by atoms with van der Waals surface area (Å²) in [6.45, 7) is 2.92. The van der Waals surface area contributed by atoms with Gasteiger partial charge in [0, 0.05) is 47.5 Å². The Kier molecular flexibility index (Phi) is 5.22. The highest BCUT2D eigenvalue weighted by Crippen LogP contribution is 2.38. The molecule has 33 heavy (non-hydrogen) atoms. The molecule has 170 valence electrons. The van der Waals surface area contributed by atoms with Gasteiger partial charge in [0.2, 0.25) is 5.95 Å². The zero-order valence-electron chi connectivity index (χ0n) is 18.7. The summed E-state index contributed by atoms with van der Waals surface area (Å²) in [5, 5.41) is 14.0. The van der Waals surface area contributed by atoms with Crippen LogP contribution in [0.15, 0.2) is 35.8 Å². The van der Waals surface area contributed by atoms with Crippen molar-refractivity contribution in [3.63, 3.8) is 0 Å². The number of hydrogen-bond donors (Lipinski definition) is 3. The number of piperidine rings is 2. The van der Waals surface area contributed by atoms with Crippen molar-refractivity contribution in [1.82, 2.24) is 30.0 Å². The highest BCUT2D eigenvalue weighted by atomic mass is 32.1. The summed E-state index contributed by atoms with van der Waals surface area (Å²) in [5.74, 6) is 1.14. The van der Waals surface area contributed by atoms with Gasteiger partial charge >= 0.3 is 0 Å². The zero-order valence-corrected chi connectivity index (χ0v) is 19.5. The number of H-pyrrole nitrogens is 1. The molecule has 0 saturated carbocycles. The third-order valence-electron chi connectivity index (χ3n) is 6.97. The molecule has 2 aliphatic rings. The minimum atomic E-state index is 0.352. The van der Waals surface area contributed by atoms with Crippen LogP contribution in [0.4, 0.5) is 11.8 Å². The molecule has 2 saturated heterocycles. The second-order valence-corrected chi connectivity index (χ2v) is 10.1. The largest absolute Gasteiger partial charge is 0.383 e. The average Bonchev–Trinajstić information content (AvgIpc) is 3.41. The van der Waals surface area contributed by atoms with Crippen LogP contribution in [0.2, 0.25) is 0 Å². The number of nitrogens with two attached hydrogens (primary N) is 1. The Balaban J connectivity index is 1.20. The minimum Gasteiger partial charge on any atom is -0.383 e. The number of anilines is 2. The first kappa shape index (κ1) is 20.6. The van der Waals surface area contributed by atoms with Crippen LogP contribution in [-0.2, 0) is 6.54 Å². The number of fused-ring (bicyclic) bond motifs is 3. The second-order valence-electron chi connectivity index (χ2n) is 9.24. The zero-order chi connectivity index (χ0) is 22.4. The van der Waals surface area contributed by atoms with Gasteiger partial charge in [0.15, 0.2) is 0 Å². The van der Waals surface area contributed by atoms with E-state index in [4.69, 9.17) is 10.7 Å². The first-order valence-electron chi connectivity index (χ1n) is 11.6. The normalized spacial score (nSPS) is 23.1. The van der Waals surface area contributed by atoms with Crippen molar-refractivity contribution in [2.45, 2.75) is 63.7 Å². The molecule has 2 atom stereocenters. The Morgan fingerprint density at radius 2 is 2.06 bits per heavy atom. The van der Waals surface area contributed by atoms with Gasteiger partial charge in [-0.1, -0.05) is 12.5 Å². The summed E-state index contributed by atoms with van der Waals surface area (Å²) in [6, 6.07) is 9.69. The third kappa shape index (κ3) is 3.95. The average molecular weight is 461 g/mol. The van der Waals surface area contributed by atoms with Crippen molar-refractivity contribution in [3.8, 4) is 11.3 Å². The molecule has 4 aromatic rings. The number of rotatable bonds is 5. The third-order valence-corrected chi connectivity index (χ3v) is 7.85. The molecule has 4 aromatic heterocycles. The topological polar surface area (TPSA) is 109 Å². The van der Waals surface area contributed by atoms with Crippen molar-refractivity contribution >= 4 is 33.3 Å². The molecule has 0 aliphatic carbocycles. The molecule has 6 heterocycles. The molecule has 2 bridgehead atoms. The van der Waals surface area contributed by atoms with Gasteiger partial charge in [-0.3, -0.25) is 15.0 Å². The predicted molar refractivity (Wildman–Crippen MR) is 132 cm³/mol. The van der Waals surface area contributed by atoms with Gasteiger partial charge < -0.3 is 11.1 Å². The monoisotopic (exact) mass is 460 g/mol. The quantitative estimate of drug-likeness (QED) is 0.406. The summed E-state index contributed by atoms with van der Waals surface area (Å²) in [4.78, 5) is 17.6. The number of hydrogen-bond acceptors (Lipinski definition) is 8. The van der Waals surface area contributed by atoms with Crippen LogP contribution >= 0.6 is 11.3 Å². The van der Waals surface area contributed by atoms with E-state index >= 15 is 0 Å². The summed E-state index contributed by atoms with van der Waals surface area (Å²) < 4.78 is 0. The van der Waals surface area contributed by atoms with E-state index in [1.807, 2.05) is 25.3 Å². The Morgan fingerprint density at radius 1 is 1.21 bits per heavy atom. The molecule has 2 fully saturated rings. The molecule has 8 nitrogen and oxygen atoms in total. The standard InChI is InChI=1S/C24H28N8S/c1-14-9-20(31-30-14)19-13-33-23-21(19)22(25)28-24(29-23)27-16-10-17-6-4-7-18(11-16)32(17)12-15-5-2-3-8-26-15/h2-3,5,8-9,13,16-18H,4,6-7,10-12H2,1H3,(H,30,31)(H3,25,27,28,29). The maximum atomic E-state index is 6.41. The molecule has 4 N–H and O–H groups in total. The first-order valence-corrected chi connectivity index (χ1v) is 12.5. The lowest BCUT2D eigenvalue weighted by Crippen LogP contribution is -2.54. The van der Waals surface area contributed by atoms with Crippen molar-refractivity contribution in [3.05, 3.63) is 47.2 Å². The van der Waals surface area contributed by atoms with E-state index in [1.54, 1.807) is 11.3 Å². The SMILES string of the molecule is Cc1cc(-c2csc3nc(NC4CC5CCCC(C4)N5Cc4ccccn4)nc(N)c23)n[nH]1. The van der Waals surface area contributed by atoms with Gasteiger partial charge in [-0.05, 0) is 50.8 Å². The van der Waals surface area contributed by atoms with E-state index in [9.17, 15) is 0 Å². The molecule has 2 aliphatic heterocycles. The lowest BCUT2D eigenvalue weighted by molar-refractivity contribution is 0.0266. The molecule has 6 rings (SSSR count). The highest BCUT2D eigenvalue weighted by Gasteiger charge is 2.38. The number of aromatic nitrogens is 5. The molecule has 9 heteroatoms. The first-order chi connectivity index (χ1) is 16.1. The van der Waals surface area contributed by atoms with E-state index in [2.05, 4.69) is 47.9 Å². The lowest BCUT2D eigenvalue weighted by Gasteiger charge is -2.49. The van der Waals surface area contributed by atoms with Crippen molar-refractivity contribution in [2.24, 2.45) is 0 Å². The molecule has 0 radical (unpaired) electrons. The van der Waals surface area contributed by atoms with Gasteiger partial charge in [0.25, 0.3) is 0 Å². The van der Waals surface area contributed by atoms with E-state index in [0.29, 0.717) is 29.9 Å². The molecular weight excluding hydrogens is 432 g/mol. The molecule has 0 amide bonds. The number of nitrogens with one attached hydrogen (secondary N) is 2. The number of pyridine rings is 1. The van der Waals surface area contributed by atoms with Crippen LogP contribution in [0.3, 0.4) is 0 Å². The van der Waals surface area contributed by atoms with Gasteiger partial charge in [-0.2, -0.15) is 10.1 Å². The molecule has 2 unspecified atom stereocenters. The summed E-state index contributed by atoms with van der Waals surface area (Å²) in [7, 11) is 0. The maximum Gasteiger partial charge on any atom is 0.226 e. The Hall–Kier alpha value is -3.04. The summed E-state index contributed by atoms with van der Waals surface area (Å²) >= 11 is 1.59. The fourth-order valence-corrected chi connectivity index (χ4v) is 6.43. The van der Waals surface area contributed by atoms with Crippen LogP contribution < -0.4 is 11.1 Å². The van der Waals surface area contributed by atoms with E-state index in [-0.39, 0.29) is 0 Å². The van der Waals surface area contributed by atoms with Crippen molar-refractivity contribution in [2.75, 3.05) is 11.1 Å². The summed E-state index contributed by atoms with van der Waals surface area (Å²) in [6.07, 6.45) is 7.85. The fraction of sp³-hybridized carbons (Fsp3) is 0.417. The number of aromatic amines is 1. The van der Waals surface area contributed by atoms with Crippen LogP contribution in [0.5, 0.6) is 0 Å². The predicted octanol–water partition coefficient (Wildman–Crippen LogP) is 4.36. The molecule has 0 aromatic carbocycles. The highest BCUT2D eigenvalue weighted by molar-refractivity contribution is 7.17. The van der Waals surface area contributed by atoms with Crippen LogP contribution in [-0.4, -0.2) is 48.2 Å². The van der Waals surface area contributed by atoms with Gasteiger partial charge in [-0.15, -0.1) is 11.3 Å². The van der Waals surface area contributed by atoms with Crippen molar-refractivity contribution in [1.29, 1.82) is 0 Å². The second kappa shape index (κ2) is 8.39. The number of thiophene rings is 1. The van der Waals surface area contributed by atoms with Crippen molar-refractivity contribution < 1.29 is 0 Å². The lowest BCUT2D eigenvalue weighted by atomic mass is 9.81. The Morgan fingerprint density at radius 3 is 2.79 bits per heavy atom. The fourth-order valence-electron chi connectivity index (χ4n) is 5.49. The van der Waals surface area contributed by atoms with Crippen LogP contribution in [0.25, 0.3) is 21.5 Å². The van der Waals surface area contributed by atoms with E-state index < -0.39 is 0 Å². The summed E-state index contributed by atoms with van der Waals surface area (Å²) in [5.41, 5.74) is 10.4. The number of nitrogen functional groups attached to an aromatic ring is 1. The smallest absolute Gasteiger partial charge is 0.226 e. The minimum absolute atomic E-state index is 0.352. The van der Waals surface area contributed by atoms with Crippen LogP contribution in [0, 0.1) is 6.92 Å². The van der Waals surface area contributed by atoms with Gasteiger partial charge in [-0.25, -0.2) is 4.98 Å². The van der Waals surface area contributed by atoms with Crippen LogP contribution in [0.1, 0.15) is 43.5 Å². The molecule has 0 spiro atoms.